The van der Waals surface area contributed by atoms with Crippen LogP contribution in [0.25, 0.3) is 0 Å². The third-order valence-electron chi connectivity index (χ3n) is 4.98. The molecule has 0 bridgehead atoms. The number of rotatable bonds is 6. The van der Waals surface area contributed by atoms with E-state index in [1.165, 1.54) is 19.2 Å². The van der Waals surface area contributed by atoms with Crippen LogP contribution >= 0.6 is 11.8 Å². The minimum absolute atomic E-state index is 0.0670. The Morgan fingerprint density at radius 1 is 1.46 bits per heavy atom. The van der Waals surface area contributed by atoms with Crippen LogP contribution in [0.4, 0.5) is 5.69 Å². The fraction of sp³-hybridized carbons (Fsp3) is 0.588. The Morgan fingerprint density at radius 2 is 2.23 bits per heavy atom. The van der Waals surface area contributed by atoms with Crippen molar-refractivity contribution in [2.24, 2.45) is 0 Å². The van der Waals surface area contributed by atoms with Gasteiger partial charge in [-0.25, -0.2) is 0 Å². The summed E-state index contributed by atoms with van der Waals surface area (Å²) in [6.45, 7) is 3.68. The predicted octanol–water partition coefficient (Wildman–Crippen LogP) is 1.54. The van der Waals surface area contributed by atoms with E-state index in [2.05, 4.69) is 10.2 Å². The molecule has 2 heterocycles. The summed E-state index contributed by atoms with van der Waals surface area (Å²) in [6, 6.07) is 4.27. The van der Waals surface area contributed by atoms with Crippen molar-refractivity contribution < 1.29 is 19.2 Å². The molecule has 26 heavy (non-hydrogen) atoms. The van der Waals surface area contributed by atoms with Crippen LogP contribution in [0, 0.1) is 10.1 Å². The van der Waals surface area contributed by atoms with Crippen LogP contribution in [0.2, 0.25) is 0 Å². The second kappa shape index (κ2) is 8.24. The lowest BCUT2D eigenvalue weighted by atomic mass is 9.95. The van der Waals surface area contributed by atoms with E-state index in [1.54, 1.807) is 6.07 Å². The minimum Gasteiger partial charge on any atom is -0.490 e. The molecular formula is C17H23N3O5S. The van der Waals surface area contributed by atoms with Crippen LogP contribution < -0.4 is 10.1 Å². The summed E-state index contributed by atoms with van der Waals surface area (Å²) in [7, 11) is 1.37. The Bertz CT molecular complexity index is 672. The van der Waals surface area contributed by atoms with Gasteiger partial charge in [0, 0.05) is 42.6 Å². The molecule has 1 aromatic rings. The quantitative estimate of drug-likeness (QED) is 0.590. The maximum Gasteiger partial charge on any atom is 0.311 e. The van der Waals surface area contributed by atoms with Gasteiger partial charge in [-0.3, -0.25) is 19.8 Å². The molecule has 1 N–H and O–H groups in total. The number of carbonyl (C=O) groups is 1. The average molecular weight is 381 g/mol. The molecule has 0 saturated carbocycles. The van der Waals surface area contributed by atoms with Crippen molar-refractivity contribution in [3.63, 3.8) is 0 Å². The van der Waals surface area contributed by atoms with Gasteiger partial charge in [0.1, 0.15) is 0 Å². The first kappa shape index (κ1) is 18.9. The Morgan fingerprint density at radius 3 is 2.85 bits per heavy atom. The van der Waals surface area contributed by atoms with E-state index in [0.29, 0.717) is 19.8 Å². The van der Waals surface area contributed by atoms with Crippen LogP contribution in [0.15, 0.2) is 18.2 Å². The normalized spacial score (nSPS) is 23.6. The summed E-state index contributed by atoms with van der Waals surface area (Å²) in [4.78, 5) is 25.6. The summed E-state index contributed by atoms with van der Waals surface area (Å²) < 4.78 is 10.4. The minimum atomic E-state index is -0.543. The van der Waals surface area contributed by atoms with E-state index in [0.717, 1.165) is 31.0 Å². The van der Waals surface area contributed by atoms with E-state index < -0.39 is 4.92 Å². The topological polar surface area (TPSA) is 93.9 Å². The fourth-order valence-electron chi connectivity index (χ4n) is 3.46. The Kier molecular flexibility index (Phi) is 6.00. The molecule has 0 radical (unpaired) electrons. The second-order valence-corrected chi connectivity index (χ2v) is 7.56. The van der Waals surface area contributed by atoms with Crippen LogP contribution in [0.3, 0.4) is 0 Å². The SMILES string of the molecule is COc1ccc(C(=O)NCC2(N3CCOCC3)CCSC2)cc1[N+](=O)[O-]. The van der Waals surface area contributed by atoms with Gasteiger partial charge in [0.15, 0.2) is 5.75 Å². The molecule has 9 heteroatoms. The number of ether oxygens (including phenoxy) is 2. The van der Waals surface area contributed by atoms with Crippen molar-refractivity contribution in [3.8, 4) is 5.75 Å². The van der Waals surface area contributed by atoms with Gasteiger partial charge in [0.2, 0.25) is 0 Å². The van der Waals surface area contributed by atoms with Gasteiger partial charge in [0.25, 0.3) is 5.91 Å². The monoisotopic (exact) mass is 381 g/mol. The second-order valence-electron chi connectivity index (χ2n) is 6.45. The number of hydrogen-bond donors (Lipinski definition) is 1. The largest absolute Gasteiger partial charge is 0.490 e. The summed E-state index contributed by atoms with van der Waals surface area (Å²) in [5.41, 5.74) is -0.0116. The number of thioether (sulfide) groups is 1. The van der Waals surface area contributed by atoms with Crippen molar-refractivity contribution in [2.45, 2.75) is 12.0 Å². The molecule has 2 fully saturated rings. The number of morpholine rings is 1. The molecular weight excluding hydrogens is 358 g/mol. The molecule has 142 valence electrons. The van der Waals surface area contributed by atoms with Crippen LogP contribution in [0.1, 0.15) is 16.8 Å². The van der Waals surface area contributed by atoms with Crippen molar-refractivity contribution >= 4 is 23.4 Å². The number of benzene rings is 1. The Hall–Kier alpha value is -1.84. The third-order valence-corrected chi connectivity index (χ3v) is 6.21. The van der Waals surface area contributed by atoms with Gasteiger partial charge < -0.3 is 14.8 Å². The molecule has 1 amide bonds. The highest BCUT2D eigenvalue weighted by Gasteiger charge is 2.41. The number of methoxy groups -OCH3 is 1. The number of hydrogen-bond acceptors (Lipinski definition) is 7. The van der Waals surface area contributed by atoms with E-state index in [9.17, 15) is 14.9 Å². The van der Waals surface area contributed by atoms with Crippen molar-refractivity contribution in [1.82, 2.24) is 10.2 Å². The molecule has 2 aliphatic rings. The predicted molar refractivity (Wildman–Crippen MR) is 99.0 cm³/mol. The van der Waals surface area contributed by atoms with Crippen molar-refractivity contribution in [1.29, 1.82) is 0 Å². The van der Waals surface area contributed by atoms with E-state index >= 15 is 0 Å². The first-order valence-electron chi connectivity index (χ1n) is 8.57. The Labute approximate surface area is 156 Å². The number of nitrogens with one attached hydrogen (secondary N) is 1. The average Bonchev–Trinajstić information content (AvgIpc) is 3.16. The Balaban J connectivity index is 1.71. The molecule has 2 saturated heterocycles. The number of nitro benzene ring substituents is 1. The summed E-state index contributed by atoms with van der Waals surface area (Å²) in [6.07, 6.45) is 1.01. The van der Waals surface area contributed by atoms with Crippen LogP contribution in [-0.4, -0.2) is 72.7 Å². The van der Waals surface area contributed by atoms with Crippen LogP contribution in [-0.2, 0) is 4.74 Å². The highest BCUT2D eigenvalue weighted by molar-refractivity contribution is 7.99. The highest BCUT2D eigenvalue weighted by atomic mass is 32.2. The van der Waals surface area contributed by atoms with E-state index in [-0.39, 0.29) is 28.4 Å². The summed E-state index contributed by atoms with van der Waals surface area (Å²) in [5, 5.41) is 14.1. The van der Waals surface area contributed by atoms with Gasteiger partial charge in [-0.2, -0.15) is 11.8 Å². The van der Waals surface area contributed by atoms with Gasteiger partial charge in [-0.15, -0.1) is 0 Å². The molecule has 0 aliphatic carbocycles. The van der Waals surface area contributed by atoms with E-state index in [1.807, 2.05) is 11.8 Å². The molecule has 8 nitrogen and oxygen atoms in total. The first-order valence-corrected chi connectivity index (χ1v) is 9.72. The molecule has 2 aliphatic heterocycles. The fourth-order valence-corrected chi connectivity index (χ4v) is 4.93. The molecule has 1 aromatic carbocycles. The zero-order valence-electron chi connectivity index (χ0n) is 14.7. The number of nitro groups is 1. The molecule has 3 rings (SSSR count). The molecule has 0 aromatic heterocycles. The lowest BCUT2D eigenvalue weighted by molar-refractivity contribution is -0.385. The molecule has 0 spiro atoms. The van der Waals surface area contributed by atoms with Gasteiger partial charge in [-0.1, -0.05) is 0 Å². The molecule has 1 unspecified atom stereocenters. The van der Waals surface area contributed by atoms with Gasteiger partial charge >= 0.3 is 5.69 Å². The lowest BCUT2D eigenvalue weighted by Gasteiger charge is -2.43. The van der Waals surface area contributed by atoms with Crippen molar-refractivity contribution in [2.75, 3.05) is 51.5 Å². The smallest absolute Gasteiger partial charge is 0.311 e. The first-order chi connectivity index (χ1) is 12.6. The van der Waals surface area contributed by atoms with Crippen LogP contribution in [0.5, 0.6) is 5.75 Å². The third kappa shape index (κ3) is 3.94. The summed E-state index contributed by atoms with van der Waals surface area (Å²) >= 11 is 1.89. The van der Waals surface area contributed by atoms with Crippen molar-refractivity contribution in [3.05, 3.63) is 33.9 Å². The van der Waals surface area contributed by atoms with E-state index in [4.69, 9.17) is 9.47 Å². The maximum absolute atomic E-state index is 12.6. The number of nitrogens with zero attached hydrogens (tertiary/aromatic N) is 2. The highest BCUT2D eigenvalue weighted by Crippen LogP contribution is 2.34. The zero-order chi connectivity index (χ0) is 18.6. The molecule has 1 atom stereocenters. The van der Waals surface area contributed by atoms with Gasteiger partial charge in [-0.05, 0) is 24.3 Å². The number of amides is 1. The standard InChI is InChI=1S/C17H23N3O5S/c1-24-15-3-2-13(10-14(15)20(22)23)16(21)18-11-17(4-9-26-12-17)19-5-7-25-8-6-19/h2-3,10H,4-9,11-12H2,1H3,(H,18,21). The van der Waals surface area contributed by atoms with Gasteiger partial charge in [0.05, 0.1) is 25.2 Å². The number of carbonyl (C=O) groups excluding carboxylic acids is 1. The maximum atomic E-state index is 12.6. The lowest BCUT2D eigenvalue weighted by Crippen LogP contribution is -2.59. The zero-order valence-corrected chi connectivity index (χ0v) is 15.5. The summed E-state index contributed by atoms with van der Waals surface area (Å²) in [5.74, 6) is 1.88.